The zero-order valence-corrected chi connectivity index (χ0v) is 53.5. The predicted molar refractivity (Wildman–Crippen MR) is 324 cm³/mol. The van der Waals surface area contributed by atoms with Crippen molar-refractivity contribution in [3.05, 3.63) is 0 Å². The summed E-state index contributed by atoms with van der Waals surface area (Å²) in [5, 5.41) is 46.5. The summed E-state index contributed by atoms with van der Waals surface area (Å²) in [6, 6.07) is -9.16. The van der Waals surface area contributed by atoms with Crippen molar-refractivity contribution in [3.63, 3.8) is 0 Å². The average Bonchev–Trinajstić information content (AvgIpc) is 3.66. The van der Waals surface area contributed by atoms with E-state index in [0.717, 1.165) is 0 Å². The summed E-state index contributed by atoms with van der Waals surface area (Å²) in [7, 11) is 0. The first-order valence-corrected chi connectivity index (χ1v) is 30.7. The van der Waals surface area contributed by atoms with Crippen molar-refractivity contribution in [2.75, 3.05) is 63.6 Å². The second-order valence-electron chi connectivity index (χ2n) is 21.7. The summed E-state index contributed by atoms with van der Waals surface area (Å²) in [5.74, 6) is -14.0. The zero-order chi connectivity index (χ0) is 68.7. The fourth-order valence-corrected chi connectivity index (χ4v) is 8.14. The fourth-order valence-electron chi connectivity index (χ4n) is 7.50. The lowest BCUT2D eigenvalue weighted by Crippen LogP contribution is -2.59. The Morgan fingerprint density at radius 3 is 1.22 bits per heavy atom. The molecule has 0 spiro atoms. The Labute approximate surface area is 525 Å². The van der Waals surface area contributed by atoms with Crippen LogP contribution in [-0.2, 0) is 67.1 Å². The zero-order valence-electron chi connectivity index (χ0n) is 51.8. The molecule has 510 valence electrons. The number of alkyl halides is 3. The molecule has 0 heterocycles. The molecule has 0 aromatic carbocycles. The fraction of sp³-hybridized carbons (Fsp3) is 0.736. The van der Waals surface area contributed by atoms with Gasteiger partial charge in [-0.2, -0.15) is 37.6 Å². The van der Waals surface area contributed by atoms with Gasteiger partial charge in [-0.15, -0.1) is 0 Å². The number of aliphatic carboxylic acids is 2. The van der Waals surface area contributed by atoms with Gasteiger partial charge in [-0.3, -0.25) is 57.5 Å². The van der Waals surface area contributed by atoms with Crippen LogP contribution in [0.5, 0.6) is 0 Å². The monoisotopic (exact) mass is 1320 g/mol. The van der Waals surface area contributed by atoms with E-state index in [0.29, 0.717) is 44.5 Å². The van der Waals surface area contributed by atoms with Gasteiger partial charge in [0.2, 0.25) is 70.9 Å². The number of amides is 12. The first kappa shape index (κ1) is 84.0. The molecule has 36 heteroatoms. The number of hydrogen-bond donors (Lipinski definition) is 18. The highest BCUT2D eigenvalue weighted by molar-refractivity contribution is 7.98. The third kappa shape index (κ3) is 37.5. The second kappa shape index (κ2) is 45.2. The molecule has 12 amide bonds. The molecule has 0 aromatic heterocycles. The van der Waals surface area contributed by atoms with Crippen LogP contribution >= 0.6 is 24.4 Å². The van der Waals surface area contributed by atoms with Crippen molar-refractivity contribution in [2.24, 2.45) is 40.9 Å². The van der Waals surface area contributed by atoms with Crippen molar-refractivity contribution in [1.82, 2.24) is 63.8 Å². The van der Waals surface area contributed by atoms with Crippen molar-refractivity contribution in [1.29, 1.82) is 0 Å². The SMILES string of the molecule is CSCC[C@H](NC(=O)[C@H](CC(C)C)NC(=O)CNC(=O)CNC(=O)[C@H](CCCCN)NC(=O)[C@H](CCCCN)NC(=O)CNC(=O)[C@@H](N)CS)C(=O)N[C@H](C(=O)NCC(=O)NCC(=O)N[C@H](C(=O)N[C@H](C(=O)O)C(C)C)C(C)C)C(C)C.O=C(O)C(F)(F)F. The molecule has 0 aromatic rings. The average molecular weight is 1320 g/mol. The maximum Gasteiger partial charge on any atom is 0.490 e. The molecule has 31 nitrogen and oxygen atoms in total. The van der Waals surface area contributed by atoms with Gasteiger partial charge in [-0.05, 0) is 100 Å². The van der Waals surface area contributed by atoms with Gasteiger partial charge in [-0.1, -0.05) is 55.4 Å². The van der Waals surface area contributed by atoms with Gasteiger partial charge in [-0.25, -0.2) is 9.59 Å². The Morgan fingerprint density at radius 2 is 0.809 bits per heavy atom. The number of carboxylic acids is 2. The lowest BCUT2D eigenvalue weighted by molar-refractivity contribution is -0.192. The van der Waals surface area contributed by atoms with Gasteiger partial charge >= 0.3 is 18.1 Å². The van der Waals surface area contributed by atoms with Gasteiger partial charge < -0.3 is 91.2 Å². The number of unbranched alkanes of at least 4 members (excludes halogenated alkanes) is 2. The number of carbonyl (C=O) groups is 14. The number of thiol groups is 1. The van der Waals surface area contributed by atoms with Crippen LogP contribution in [0.3, 0.4) is 0 Å². The Hall–Kier alpha value is -7.05. The number of rotatable bonds is 42. The van der Waals surface area contributed by atoms with Crippen LogP contribution < -0.4 is 81.0 Å². The van der Waals surface area contributed by atoms with Crippen LogP contribution in [0.4, 0.5) is 13.2 Å². The van der Waals surface area contributed by atoms with E-state index in [1.807, 2.05) is 0 Å². The van der Waals surface area contributed by atoms with Crippen molar-refractivity contribution < 1.29 is 90.5 Å². The number of nitrogens with one attached hydrogen (secondary N) is 12. The second-order valence-corrected chi connectivity index (χ2v) is 23.1. The Balaban J connectivity index is 0. The van der Waals surface area contributed by atoms with Gasteiger partial charge in [0, 0.05) is 5.75 Å². The molecule has 0 unspecified atom stereocenters. The van der Waals surface area contributed by atoms with Crippen LogP contribution in [0.2, 0.25) is 0 Å². The highest BCUT2D eigenvalue weighted by Crippen LogP contribution is 2.14. The van der Waals surface area contributed by atoms with E-state index in [1.165, 1.54) is 11.8 Å². The lowest BCUT2D eigenvalue weighted by atomic mass is 10.0. The number of hydrogen-bond acceptors (Lipinski definition) is 19. The highest BCUT2D eigenvalue weighted by atomic mass is 32.2. The van der Waals surface area contributed by atoms with Crippen molar-refractivity contribution >= 4 is 107 Å². The smallest absolute Gasteiger partial charge is 0.480 e. The van der Waals surface area contributed by atoms with Gasteiger partial charge in [0.1, 0.15) is 42.3 Å². The molecule has 8 atom stereocenters. The summed E-state index contributed by atoms with van der Waals surface area (Å²) in [5.41, 5.74) is 16.9. The minimum atomic E-state index is -5.08. The Kier molecular flexibility index (Phi) is 42.7. The number of nitrogens with two attached hydrogens (primary N) is 3. The normalized spacial score (nSPS) is 13.8. The minimum Gasteiger partial charge on any atom is -0.480 e. The third-order valence-corrected chi connectivity index (χ3v) is 13.5. The quantitative estimate of drug-likeness (QED) is 0.0204. The molecule has 0 aliphatic rings. The van der Waals surface area contributed by atoms with Crippen LogP contribution in [0.1, 0.15) is 107 Å². The molecular weight excluding hydrogens is 1220 g/mol. The van der Waals surface area contributed by atoms with Crippen LogP contribution in [0.25, 0.3) is 0 Å². The summed E-state index contributed by atoms with van der Waals surface area (Å²) in [6.07, 6.45) is -0.945. The maximum absolute atomic E-state index is 13.8. The standard InChI is InChI=1S/C51H93N15O14S2.C2HF3O2/c1-27(2)20-35(61-38(69)23-55-36(67)21-58-45(73)32(14-10-12-17-52)62-46(74)33(15-11-13-18-53)60-39(70)25-57-44(72)31(54)26-81)48(76)63-34(16-19-82-9)47(75)65-41(28(3)4)49(77)59-22-37(68)56-24-40(71)64-42(29(5)6)50(78)66-43(30(7)8)51(79)80;3-2(4,5)1(6)7/h27-35,41-43,81H,10-26,52-54H2,1-9H3,(H,55,67)(H,56,68)(H,57,72)(H,58,73)(H,59,77)(H,60,70)(H,61,69)(H,62,74)(H,63,76)(H,64,71)(H,65,75)(H,66,78)(H,79,80);(H,6,7)/t31-,32-,33-,34-,35-,41-,42-,43-;/m0./s1. The molecule has 0 bridgehead atoms. The molecular formula is C53H94F3N15O16S2. The lowest BCUT2D eigenvalue weighted by Gasteiger charge is -2.27. The molecule has 0 radical (unpaired) electrons. The first-order chi connectivity index (χ1) is 41.5. The number of carbonyl (C=O) groups excluding carboxylic acids is 12. The van der Waals surface area contributed by atoms with Gasteiger partial charge in [0.05, 0.1) is 38.8 Å². The molecule has 0 rings (SSSR count). The van der Waals surface area contributed by atoms with E-state index in [4.69, 9.17) is 27.1 Å². The summed E-state index contributed by atoms with van der Waals surface area (Å²) in [6.45, 7) is 11.1. The summed E-state index contributed by atoms with van der Waals surface area (Å²) in [4.78, 5) is 178. The maximum atomic E-state index is 13.8. The molecule has 0 aliphatic heterocycles. The topological polar surface area (TPSA) is 502 Å². The Morgan fingerprint density at radius 1 is 0.449 bits per heavy atom. The van der Waals surface area contributed by atoms with E-state index >= 15 is 0 Å². The first-order valence-electron chi connectivity index (χ1n) is 28.7. The summed E-state index contributed by atoms with van der Waals surface area (Å²) >= 11 is 5.34. The molecule has 0 saturated heterocycles. The third-order valence-electron chi connectivity index (χ3n) is 12.5. The van der Waals surface area contributed by atoms with Crippen LogP contribution in [0.15, 0.2) is 0 Å². The van der Waals surface area contributed by atoms with Crippen molar-refractivity contribution in [3.8, 4) is 0 Å². The van der Waals surface area contributed by atoms with E-state index in [-0.39, 0.29) is 37.4 Å². The largest absolute Gasteiger partial charge is 0.490 e. The van der Waals surface area contributed by atoms with Gasteiger partial charge in [0.15, 0.2) is 0 Å². The van der Waals surface area contributed by atoms with Crippen molar-refractivity contribution in [2.45, 2.75) is 161 Å². The Bertz CT molecular complexity index is 2340. The highest BCUT2D eigenvalue weighted by Gasteiger charge is 2.38. The van der Waals surface area contributed by atoms with E-state index in [2.05, 4.69) is 76.4 Å². The minimum absolute atomic E-state index is 0.0387. The van der Waals surface area contributed by atoms with Crippen LogP contribution in [0, 0.1) is 23.7 Å². The van der Waals surface area contributed by atoms with E-state index in [1.54, 1.807) is 61.6 Å². The van der Waals surface area contributed by atoms with E-state index < -0.39 is 188 Å². The molecule has 0 saturated carbocycles. The van der Waals surface area contributed by atoms with Crippen LogP contribution in [-0.4, -0.2) is 211 Å². The van der Waals surface area contributed by atoms with Gasteiger partial charge in [0.25, 0.3) is 0 Å². The molecule has 0 fully saturated rings. The predicted octanol–water partition coefficient (Wildman–Crippen LogP) is -4.04. The molecule has 89 heavy (non-hydrogen) atoms. The molecule has 0 aliphatic carbocycles. The molecule has 20 N–H and O–H groups in total. The number of halogens is 3. The van der Waals surface area contributed by atoms with E-state index in [9.17, 15) is 80.6 Å². The number of carboxylic acid groups (broad SMARTS) is 2. The summed E-state index contributed by atoms with van der Waals surface area (Å²) < 4.78 is 31.7. The number of thioether (sulfide) groups is 1.